The van der Waals surface area contributed by atoms with Crippen LogP contribution in [0.1, 0.15) is 26.5 Å². The lowest BCUT2D eigenvalue weighted by molar-refractivity contribution is 0.0927. The maximum Gasteiger partial charge on any atom is 0.252 e. The summed E-state index contributed by atoms with van der Waals surface area (Å²) in [5.41, 5.74) is 0.911. The number of hydrogen-bond acceptors (Lipinski definition) is 4. The molecule has 0 saturated carbocycles. The van der Waals surface area contributed by atoms with Crippen molar-refractivity contribution in [1.29, 1.82) is 0 Å². The molecule has 0 spiro atoms. The van der Waals surface area contributed by atoms with E-state index in [1.807, 2.05) is 17.8 Å². The van der Waals surface area contributed by atoms with Gasteiger partial charge in [0.25, 0.3) is 11.8 Å². The molecule has 3 rings (SSSR count). The summed E-state index contributed by atoms with van der Waals surface area (Å²) in [5.74, 6) is 0.953. The number of carbonyl (C=O) groups is 2. The van der Waals surface area contributed by atoms with Crippen molar-refractivity contribution in [1.82, 2.24) is 20.2 Å². The monoisotopic (exact) mass is 412 g/mol. The van der Waals surface area contributed by atoms with Crippen LogP contribution in [-0.2, 0) is 13.7 Å². The van der Waals surface area contributed by atoms with E-state index < -0.39 is 0 Å². The first-order chi connectivity index (χ1) is 14.0. The van der Waals surface area contributed by atoms with Crippen LogP contribution in [0, 0.1) is 0 Å². The van der Waals surface area contributed by atoms with E-state index in [9.17, 15) is 9.59 Å². The quantitative estimate of drug-likeness (QED) is 0.557. The zero-order chi connectivity index (χ0) is 20.6. The Hall–Kier alpha value is -3.32. The minimum atomic E-state index is -0.279. The van der Waals surface area contributed by atoms with Crippen LogP contribution >= 0.6 is 11.6 Å². The molecule has 150 valence electrons. The summed E-state index contributed by atoms with van der Waals surface area (Å²) >= 11 is 5.99. The minimum absolute atomic E-state index is 0.229. The molecule has 1 aromatic heterocycles. The third-order valence-corrected chi connectivity index (χ3v) is 4.55. The zero-order valence-corrected chi connectivity index (χ0v) is 16.6. The number of nitrogens with zero attached hydrogens (tertiary/aromatic N) is 2. The van der Waals surface area contributed by atoms with Crippen LogP contribution in [0.4, 0.5) is 0 Å². The van der Waals surface area contributed by atoms with Gasteiger partial charge in [-0.1, -0.05) is 23.7 Å². The fourth-order valence-corrected chi connectivity index (χ4v) is 2.80. The Morgan fingerprint density at radius 1 is 1.03 bits per heavy atom. The van der Waals surface area contributed by atoms with Crippen LogP contribution in [0.5, 0.6) is 5.75 Å². The molecule has 0 aliphatic carbocycles. The fourth-order valence-electron chi connectivity index (χ4n) is 2.58. The van der Waals surface area contributed by atoms with Crippen molar-refractivity contribution >= 4 is 23.4 Å². The summed E-state index contributed by atoms with van der Waals surface area (Å²) in [6, 6.07) is 13.6. The fraction of sp³-hybridized carbons (Fsp3) is 0.190. The zero-order valence-electron chi connectivity index (χ0n) is 15.9. The highest BCUT2D eigenvalue weighted by Gasteiger charge is 2.09. The lowest BCUT2D eigenvalue weighted by Gasteiger charge is -2.09. The van der Waals surface area contributed by atoms with Gasteiger partial charge in [-0.3, -0.25) is 9.59 Å². The van der Waals surface area contributed by atoms with Gasteiger partial charge in [-0.2, -0.15) is 0 Å². The summed E-state index contributed by atoms with van der Waals surface area (Å²) in [7, 11) is 1.90. The lowest BCUT2D eigenvalue weighted by Crippen LogP contribution is -2.34. The number of carbonyl (C=O) groups excluding carboxylic acids is 2. The first-order valence-electron chi connectivity index (χ1n) is 9.04. The highest BCUT2D eigenvalue weighted by atomic mass is 35.5. The molecule has 0 bridgehead atoms. The van der Waals surface area contributed by atoms with E-state index in [2.05, 4.69) is 15.6 Å². The lowest BCUT2D eigenvalue weighted by atomic mass is 10.2. The van der Waals surface area contributed by atoms with E-state index in [4.69, 9.17) is 16.3 Å². The molecule has 0 atom stereocenters. The van der Waals surface area contributed by atoms with Gasteiger partial charge in [0.15, 0.2) is 0 Å². The Morgan fingerprint density at radius 3 is 2.38 bits per heavy atom. The molecule has 29 heavy (non-hydrogen) atoms. The van der Waals surface area contributed by atoms with Crippen LogP contribution in [0.15, 0.2) is 60.9 Å². The first-order valence-corrected chi connectivity index (χ1v) is 9.42. The Labute approximate surface area is 173 Å². The summed E-state index contributed by atoms with van der Waals surface area (Å²) in [5, 5.41) is 5.87. The van der Waals surface area contributed by atoms with Crippen molar-refractivity contribution in [2.45, 2.75) is 6.61 Å². The van der Waals surface area contributed by atoms with E-state index in [-0.39, 0.29) is 11.8 Å². The average molecular weight is 413 g/mol. The molecule has 0 radical (unpaired) electrons. The third-order valence-electron chi connectivity index (χ3n) is 4.22. The molecular weight excluding hydrogens is 392 g/mol. The second-order valence-corrected chi connectivity index (χ2v) is 6.67. The molecule has 0 saturated heterocycles. The number of imidazole rings is 1. The normalized spacial score (nSPS) is 10.4. The predicted octanol–water partition coefficient (Wildman–Crippen LogP) is 2.81. The van der Waals surface area contributed by atoms with Gasteiger partial charge in [0.1, 0.15) is 18.2 Å². The molecule has 2 aromatic carbocycles. The molecule has 8 heteroatoms. The van der Waals surface area contributed by atoms with Gasteiger partial charge in [-0.25, -0.2) is 4.98 Å². The van der Waals surface area contributed by atoms with Crippen LogP contribution in [0.3, 0.4) is 0 Å². The predicted molar refractivity (Wildman–Crippen MR) is 110 cm³/mol. The van der Waals surface area contributed by atoms with Gasteiger partial charge in [-0.05, 0) is 36.4 Å². The van der Waals surface area contributed by atoms with Crippen LogP contribution < -0.4 is 15.4 Å². The summed E-state index contributed by atoms with van der Waals surface area (Å²) in [6.45, 7) is 0.938. The molecule has 0 unspecified atom stereocenters. The second-order valence-electron chi connectivity index (χ2n) is 6.26. The van der Waals surface area contributed by atoms with E-state index in [1.54, 1.807) is 54.7 Å². The number of amides is 2. The number of rotatable bonds is 8. The van der Waals surface area contributed by atoms with Crippen molar-refractivity contribution in [2.24, 2.45) is 7.05 Å². The van der Waals surface area contributed by atoms with Crippen LogP contribution in [0.25, 0.3) is 0 Å². The molecule has 0 fully saturated rings. The Bertz CT molecular complexity index is 986. The van der Waals surface area contributed by atoms with E-state index in [1.165, 1.54) is 0 Å². The number of hydrogen-bond donors (Lipinski definition) is 2. The van der Waals surface area contributed by atoms with E-state index in [0.29, 0.717) is 41.6 Å². The average Bonchev–Trinajstić information content (AvgIpc) is 3.15. The number of halogens is 1. The van der Waals surface area contributed by atoms with Crippen molar-refractivity contribution in [3.63, 3.8) is 0 Å². The summed E-state index contributed by atoms with van der Waals surface area (Å²) in [6.07, 6.45) is 3.56. The standard InChI is InChI=1S/C21H21ClN4O3/c1-26-13-12-23-19(26)14-29-16-8-6-15(7-9-16)20(27)24-10-11-25-21(28)17-4-2-3-5-18(17)22/h2-9,12-13H,10-11,14H2,1H3,(H,24,27)(H,25,28). The topological polar surface area (TPSA) is 85.2 Å². The number of benzene rings is 2. The van der Waals surface area contributed by atoms with Gasteiger partial charge >= 0.3 is 0 Å². The maximum atomic E-state index is 12.2. The second kappa shape index (κ2) is 9.75. The minimum Gasteiger partial charge on any atom is -0.486 e. The number of nitrogens with one attached hydrogen (secondary N) is 2. The molecule has 0 aliphatic heterocycles. The van der Waals surface area contributed by atoms with Gasteiger partial charge in [-0.15, -0.1) is 0 Å². The van der Waals surface area contributed by atoms with Crippen molar-refractivity contribution < 1.29 is 14.3 Å². The van der Waals surface area contributed by atoms with E-state index >= 15 is 0 Å². The first kappa shape index (κ1) is 20.4. The molecule has 1 heterocycles. The van der Waals surface area contributed by atoms with Gasteiger partial charge in [0, 0.05) is 38.1 Å². The van der Waals surface area contributed by atoms with Crippen LogP contribution in [-0.4, -0.2) is 34.5 Å². The highest BCUT2D eigenvalue weighted by molar-refractivity contribution is 6.33. The molecule has 2 amide bonds. The highest BCUT2D eigenvalue weighted by Crippen LogP contribution is 2.15. The third kappa shape index (κ3) is 5.58. The van der Waals surface area contributed by atoms with Gasteiger partial charge < -0.3 is 19.9 Å². The SMILES string of the molecule is Cn1ccnc1COc1ccc(C(=O)NCCNC(=O)c2ccccc2Cl)cc1. The molecule has 3 aromatic rings. The largest absolute Gasteiger partial charge is 0.486 e. The number of aryl methyl sites for hydroxylation is 1. The van der Waals surface area contributed by atoms with Crippen molar-refractivity contribution in [3.05, 3.63) is 82.9 Å². The number of ether oxygens (including phenoxy) is 1. The van der Waals surface area contributed by atoms with Crippen molar-refractivity contribution in [2.75, 3.05) is 13.1 Å². The summed E-state index contributed by atoms with van der Waals surface area (Å²) in [4.78, 5) is 28.5. The van der Waals surface area contributed by atoms with Gasteiger partial charge in [0.05, 0.1) is 10.6 Å². The molecule has 2 N–H and O–H groups in total. The van der Waals surface area contributed by atoms with E-state index in [0.717, 1.165) is 5.82 Å². The summed E-state index contributed by atoms with van der Waals surface area (Å²) < 4.78 is 7.55. The Balaban J connectivity index is 1.42. The molecule has 0 aliphatic rings. The van der Waals surface area contributed by atoms with Crippen LogP contribution in [0.2, 0.25) is 5.02 Å². The van der Waals surface area contributed by atoms with Crippen molar-refractivity contribution in [3.8, 4) is 5.75 Å². The Morgan fingerprint density at radius 2 is 1.72 bits per heavy atom. The number of aromatic nitrogens is 2. The smallest absolute Gasteiger partial charge is 0.252 e. The van der Waals surface area contributed by atoms with Gasteiger partial charge in [0.2, 0.25) is 0 Å². The Kier molecular flexibility index (Phi) is 6.86. The molecular formula is C21H21ClN4O3. The maximum absolute atomic E-state index is 12.2. The molecule has 7 nitrogen and oxygen atoms in total.